The fraction of sp³-hybridized carbons (Fsp3) is 1.00. The van der Waals surface area contributed by atoms with Crippen molar-refractivity contribution in [1.29, 1.82) is 0 Å². The molecule has 0 saturated carbocycles. The second-order valence-electron chi connectivity index (χ2n) is 4.37. The minimum absolute atomic E-state index is 0.106. The van der Waals surface area contributed by atoms with Gasteiger partial charge in [-0.3, -0.25) is 0 Å². The first-order chi connectivity index (χ1) is 8.27. The molecule has 0 saturated heterocycles. The van der Waals surface area contributed by atoms with Gasteiger partial charge in [0.05, 0.1) is 0 Å². The van der Waals surface area contributed by atoms with Gasteiger partial charge >= 0.3 is 145 Å². The second-order valence-corrected chi connectivity index (χ2v) is 14.0. The van der Waals surface area contributed by atoms with Gasteiger partial charge in [0.1, 0.15) is 0 Å². The van der Waals surface area contributed by atoms with Crippen LogP contribution in [-0.2, 0) is 0 Å². The zero-order valence-electron chi connectivity index (χ0n) is 10.5. The first-order valence-corrected chi connectivity index (χ1v) is 12.0. The summed E-state index contributed by atoms with van der Waals surface area (Å²) in [4.78, 5) is 0. The van der Waals surface area contributed by atoms with E-state index >= 15 is 0 Å². The summed E-state index contributed by atoms with van der Waals surface area (Å²) in [5.74, 6) is 0. The molecule has 0 aliphatic carbocycles. The Morgan fingerprint density at radius 3 is 1.63 bits per heavy atom. The molecule has 0 bridgehead atoms. The molecule has 0 heterocycles. The average molecular weight is 630 g/mol. The molecule has 0 amide bonds. The van der Waals surface area contributed by atoms with Gasteiger partial charge in [-0.25, -0.2) is 0 Å². The molecule has 0 rings (SSSR count). The summed E-state index contributed by atoms with van der Waals surface area (Å²) in [7, 11) is 0. The van der Waals surface area contributed by atoms with E-state index < -0.39 is 41.4 Å². The first-order valence-electron chi connectivity index (χ1n) is 5.23. The van der Waals surface area contributed by atoms with Crippen LogP contribution in [0, 0.1) is 0 Å². The van der Waals surface area contributed by atoms with E-state index in [0.717, 1.165) is 8.86 Å². The van der Waals surface area contributed by atoms with Crippen molar-refractivity contribution in [1.82, 2.24) is 0 Å². The molecule has 0 aromatic carbocycles. The van der Waals surface area contributed by atoms with Crippen LogP contribution in [0.15, 0.2) is 0 Å². The fourth-order valence-corrected chi connectivity index (χ4v) is 9.09. The first kappa shape index (κ1) is 20.8. The van der Waals surface area contributed by atoms with Gasteiger partial charge in [0.2, 0.25) is 0 Å². The predicted octanol–water partition coefficient (Wildman–Crippen LogP) is -1.74. The van der Waals surface area contributed by atoms with Crippen molar-refractivity contribution >= 4 is 22.6 Å². The van der Waals surface area contributed by atoms with E-state index in [1.165, 1.54) is 0 Å². The van der Waals surface area contributed by atoms with Crippen molar-refractivity contribution in [3.8, 4) is 0 Å². The van der Waals surface area contributed by atoms with Gasteiger partial charge in [-0.05, 0) is 0 Å². The zero-order chi connectivity index (χ0) is 15.5. The van der Waals surface area contributed by atoms with Crippen LogP contribution >= 0.6 is 22.6 Å². The van der Waals surface area contributed by atoms with Crippen molar-refractivity contribution in [2.24, 2.45) is 0 Å². The normalized spacial score (nSPS) is 15.3. The number of alkyl halides is 11. The van der Waals surface area contributed by atoms with Gasteiger partial charge < -0.3 is 0 Å². The quantitative estimate of drug-likeness (QED) is 0.186. The van der Waals surface area contributed by atoms with Gasteiger partial charge in [-0.2, -0.15) is 0 Å². The van der Waals surface area contributed by atoms with Gasteiger partial charge in [0, 0.05) is 0 Å². The Labute approximate surface area is 143 Å². The Morgan fingerprint density at radius 2 is 1.32 bits per heavy atom. The summed E-state index contributed by atoms with van der Waals surface area (Å²) in [6.07, 6.45) is -10.5. The molecule has 0 aromatic rings. The Hall–Kier alpha value is 1.77. The molecule has 0 N–H and O–H groups in total. The summed E-state index contributed by atoms with van der Waals surface area (Å²) in [5, 5.41) is 0. The van der Waals surface area contributed by atoms with E-state index in [4.69, 9.17) is 0 Å². The monoisotopic (exact) mass is 630 g/mol. The molecular formula is C10H15F6I3-2. The van der Waals surface area contributed by atoms with Gasteiger partial charge in [0.25, 0.3) is 0 Å². The van der Waals surface area contributed by atoms with E-state index in [0.29, 0.717) is 22.6 Å². The summed E-state index contributed by atoms with van der Waals surface area (Å²) >= 11 is -0.729. The molecule has 0 radical (unpaired) electrons. The number of hydrogen-bond acceptors (Lipinski definition) is 0. The van der Waals surface area contributed by atoms with Crippen LogP contribution < -0.4 is 42.4 Å². The molecule has 0 aliphatic rings. The summed E-state index contributed by atoms with van der Waals surface area (Å²) in [6, 6.07) is 0. The molecule has 9 heteroatoms. The zero-order valence-corrected chi connectivity index (χ0v) is 17.0. The van der Waals surface area contributed by atoms with E-state index in [1.807, 2.05) is 6.92 Å². The van der Waals surface area contributed by atoms with Crippen LogP contribution in [-0.4, -0.2) is 32.5 Å². The van der Waals surface area contributed by atoms with Crippen molar-refractivity contribution in [2.75, 3.05) is 13.3 Å². The van der Waals surface area contributed by atoms with E-state index in [2.05, 4.69) is 0 Å². The predicted molar refractivity (Wildman–Crippen MR) is 63.2 cm³/mol. The summed E-state index contributed by atoms with van der Waals surface area (Å²) in [5.41, 5.74) is 0. The number of hydrogen-bond donors (Lipinski definition) is 0. The Bertz CT molecular complexity index is 270. The summed E-state index contributed by atoms with van der Waals surface area (Å²) < 4.78 is 73.4. The maximum atomic E-state index is 12.7. The summed E-state index contributed by atoms with van der Waals surface area (Å²) in [6.45, 7) is 5.58. The minimum atomic E-state index is -5.25. The number of halogens is 9. The topological polar surface area (TPSA) is 0 Å². The molecule has 0 nitrogen and oxygen atoms in total. The van der Waals surface area contributed by atoms with Crippen LogP contribution in [0.25, 0.3) is 0 Å². The Kier molecular flexibility index (Phi) is 8.04. The van der Waals surface area contributed by atoms with Crippen LogP contribution in [0.2, 0.25) is 0 Å². The molecular weight excluding hydrogens is 615 g/mol. The molecule has 0 unspecified atom stereocenters. The van der Waals surface area contributed by atoms with E-state index in [1.54, 1.807) is 13.8 Å². The number of rotatable bonds is 6. The molecule has 0 atom stereocenters. The fourth-order valence-electron chi connectivity index (χ4n) is 0.940. The maximum absolute atomic E-state index is 12.7. The Morgan fingerprint density at radius 1 is 0.895 bits per heavy atom. The van der Waals surface area contributed by atoms with Crippen molar-refractivity contribution < 1.29 is 68.8 Å². The standard InChI is InChI=1S/C10H15F6I3/c1-4-18-5-7(2,3)19-6-8(17,9(11,12)13)10(14,15)16/h4-6H2,1-3H3/q-2. The molecule has 19 heavy (non-hydrogen) atoms. The van der Waals surface area contributed by atoms with Crippen LogP contribution in [0.4, 0.5) is 26.3 Å². The van der Waals surface area contributed by atoms with Crippen LogP contribution in [0.1, 0.15) is 20.8 Å². The molecule has 0 spiro atoms. The Balaban J connectivity index is 4.89. The van der Waals surface area contributed by atoms with E-state index in [-0.39, 0.29) is 24.6 Å². The van der Waals surface area contributed by atoms with Gasteiger partial charge in [-0.1, -0.05) is 0 Å². The third-order valence-electron chi connectivity index (χ3n) is 2.11. The van der Waals surface area contributed by atoms with Crippen LogP contribution in [0.5, 0.6) is 0 Å². The molecule has 120 valence electrons. The SMILES string of the molecule is CC[I-]CC(C)(C)[I-]CC(I)(C(F)(F)F)C(F)(F)F. The van der Waals surface area contributed by atoms with Gasteiger partial charge in [-0.15, -0.1) is 0 Å². The van der Waals surface area contributed by atoms with Crippen LogP contribution in [0.3, 0.4) is 0 Å². The van der Waals surface area contributed by atoms with Crippen molar-refractivity contribution in [2.45, 2.75) is 40.0 Å². The third kappa shape index (κ3) is 6.19. The molecule has 0 fully saturated rings. The van der Waals surface area contributed by atoms with Gasteiger partial charge in [0.15, 0.2) is 0 Å². The van der Waals surface area contributed by atoms with Crippen molar-refractivity contribution in [3.63, 3.8) is 0 Å². The molecule has 0 aromatic heterocycles. The third-order valence-corrected chi connectivity index (χ3v) is 14.1. The molecule has 0 aliphatic heterocycles. The van der Waals surface area contributed by atoms with E-state index in [9.17, 15) is 26.3 Å². The second kappa shape index (κ2) is 7.36. The van der Waals surface area contributed by atoms with Crippen molar-refractivity contribution in [3.05, 3.63) is 0 Å². The average Bonchev–Trinajstić information content (AvgIpc) is 2.20.